The highest BCUT2D eigenvalue weighted by atomic mass is 16.5. The maximum atomic E-state index is 12.5. The van der Waals surface area contributed by atoms with Gasteiger partial charge in [0.2, 0.25) is 0 Å². The van der Waals surface area contributed by atoms with E-state index in [2.05, 4.69) is 5.32 Å². The van der Waals surface area contributed by atoms with Crippen molar-refractivity contribution in [3.05, 3.63) is 46.3 Å². The molecule has 0 aromatic carbocycles. The molecule has 6 atom stereocenters. The van der Waals surface area contributed by atoms with Crippen LogP contribution in [-0.2, 0) is 4.74 Å². The summed E-state index contributed by atoms with van der Waals surface area (Å²) in [6.45, 7) is 3.30. The van der Waals surface area contributed by atoms with E-state index < -0.39 is 61.7 Å². The maximum Gasteiger partial charge on any atom is 0.341 e. The summed E-state index contributed by atoms with van der Waals surface area (Å²) >= 11 is 0. The van der Waals surface area contributed by atoms with Gasteiger partial charge in [0.1, 0.15) is 65.2 Å². The lowest BCUT2D eigenvalue weighted by atomic mass is 10.0. The standard InChI is InChI=1S/C22H31NO12/c1-4-33-22(32)12-6-16(35-10(12)3)19(29)17(27)13(25)7-23-21(31)11-5-15(34-9(11)2)20(30)18(28)14(26)8-24/h5-6,13-14,17-20,24-30H,4,7-8H2,1-3H3,(H,23,31)/t13-,14-,17-,18-,19-,20-/m1/s1. The second-order valence-corrected chi connectivity index (χ2v) is 7.86. The first-order valence-electron chi connectivity index (χ1n) is 10.8. The highest BCUT2D eigenvalue weighted by molar-refractivity contribution is 5.95. The molecule has 0 bridgehead atoms. The Bertz CT molecular complexity index is 999. The molecule has 2 aromatic heterocycles. The molecule has 0 radical (unpaired) electrons. The smallest absolute Gasteiger partial charge is 0.341 e. The van der Waals surface area contributed by atoms with E-state index in [0.29, 0.717) is 0 Å². The monoisotopic (exact) mass is 501 g/mol. The van der Waals surface area contributed by atoms with Crippen LogP contribution in [0.3, 0.4) is 0 Å². The number of rotatable bonds is 12. The van der Waals surface area contributed by atoms with Gasteiger partial charge in [-0.15, -0.1) is 0 Å². The first kappa shape index (κ1) is 28.5. The fraction of sp³-hybridized carbons (Fsp3) is 0.545. The van der Waals surface area contributed by atoms with Gasteiger partial charge in [0, 0.05) is 6.54 Å². The van der Waals surface area contributed by atoms with E-state index in [0.717, 1.165) is 6.07 Å². The molecule has 13 nitrogen and oxygen atoms in total. The van der Waals surface area contributed by atoms with Gasteiger partial charge in [-0.05, 0) is 32.9 Å². The molecule has 2 rings (SSSR count). The molecule has 0 aliphatic rings. The average Bonchev–Trinajstić information content (AvgIpc) is 3.42. The second kappa shape index (κ2) is 12.3. The third-order valence-corrected chi connectivity index (χ3v) is 5.29. The molecule has 0 aliphatic carbocycles. The molecule has 35 heavy (non-hydrogen) atoms. The molecule has 8 N–H and O–H groups in total. The van der Waals surface area contributed by atoms with Gasteiger partial charge in [0.25, 0.3) is 5.91 Å². The fourth-order valence-electron chi connectivity index (χ4n) is 3.22. The van der Waals surface area contributed by atoms with Crippen molar-refractivity contribution < 1.29 is 58.9 Å². The van der Waals surface area contributed by atoms with Crippen molar-refractivity contribution in [2.45, 2.75) is 57.4 Å². The van der Waals surface area contributed by atoms with Crippen molar-refractivity contribution in [2.24, 2.45) is 0 Å². The summed E-state index contributed by atoms with van der Waals surface area (Å²) in [5.74, 6) is -1.66. The van der Waals surface area contributed by atoms with Gasteiger partial charge >= 0.3 is 5.97 Å². The molecule has 0 saturated heterocycles. The Labute approximate surface area is 200 Å². The number of hydrogen-bond donors (Lipinski definition) is 8. The van der Waals surface area contributed by atoms with Gasteiger partial charge < -0.3 is 54.6 Å². The van der Waals surface area contributed by atoms with Crippen molar-refractivity contribution in [3.63, 3.8) is 0 Å². The largest absolute Gasteiger partial charge is 0.463 e. The van der Waals surface area contributed by atoms with E-state index in [1.54, 1.807) is 6.92 Å². The molecular formula is C22H31NO12. The predicted octanol–water partition coefficient (Wildman–Crippen LogP) is -1.40. The first-order valence-corrected chi connectivity index (χ1v) is 10.8. The number of furan rings is 2. The number of carbonyl (C=O) groups is 2. The van der Waals surface area contributed by atoms with Crippen molar-refractivity contribution in [1.29, 1.82) is 0 Å². The van der Waals surface area contributed by atoms with E-state index in [4.69, 9.17) is 18.7 Å². The summed E-state index contributed by atoms with van der Waals surface area (Å²) in [5, 5.41) is 71.4. The highest BCUT2D eigenvalue weighted by Crippen LogP contribution is 2.26. The van der Waals surface area contributed by atoms with E-state index in [9.17, 15) is 40.2 Å². The molecule has 1 amide bonds. The van der Waals surface area contributed by atoms with Crippen LogP contribution >= 0.6 is 0 Å². The van der Waals surface area contributed by atoms with Gasteiger partial charge in [-0.2, -0.15) is 0 Å². The van der Waals surface area contributed by atoms with Gasteiger partial charge in [-0.1, -0.05) is 0 Å². The van der Waals surface area contributed by atoms with Crippen molar-refractivity contribution in [3.8, 4) is 0 Å². The molecule has 0 saturated carbocycles. The van der Waals surface area contributed by atoms with E-state index in [1.165, 1.54) is 19.9 Å². The Morgan fingerprint density at radius 3 is 1.89 bits per heavy atom. The minimum absolute atomic E-state index is 0.0508. The van der Waals surface area contributed by atoms with Crippen LogP contribution in [0.5, 0.6) is 0 Å². The van der Waals surface area contributed by atoms with Crippen LogP contribution in [0.25, 0.3) is 0 Å². The summed E-state index contributed by atoms with van der Waals surface area (Å²) in [5.41, 5.74) is -0.00587. The number of nitrogens with one attached hydrogen (secondary N) is 1. The van der Waals surface area contributed by atoms with E-state index >= 15 is 0 Å². The van der Waals surface area contributed by atoms with Crippen LogP contribution in [0.4, 0.5) is 0 Å². The lowest BCUT2D eigenvalue weighted by molar-refractivity contribution is -0.0837. The van der Waals surface area contributed by atoms with Crippen LogP contribution in [0.1, 0.15) is 62.9 Å². The van der Waals surface area contributed by atoms with Crippen LogP contribution < -0.4 is 5.32 Å². The predicted molar refractivity (Wildman–Crippen MR) is 116 cm³/mol. The summed E-state index contributed by atoms with van der Waals surface area (Å²) in [6, 6.07) is 2.30. The van der Waals surface area contributed by atoms with Crippen molar-refractivity contribution in [2.75, 3.05) is 19.8 Å². The SMILES string of the molecule is CCOC(=O)c1cc([C@@H](O)[C@H](O)[C@H](O)CNC(=O)c2cc([C@@H](O)[C@H](O)[C@H](O)CO)oc2C)oc1C. The molecule has 0 spiro atoms. The summed E-state index contributed by atoms with van der Waals surface area (Å²) < 4.78 is 15.4. The quantitative estimate of drug-likeness (QED) is 0.157. The third-order valence-electron chi connectivity index (χ3n) is 5.29. The third kappa shape index (κ3) is 6.67. The number of amides is 1. The minimum Gasteiger partial charge on any atom is -0.463 e. The number of aliphatic hydroxyl groups excluding tert-OH is 7. The topological polar surface area (TPSA) is 223 Å². The first-order chi connectivity index (χ1) is 16.4. The Balaban J connectivity index is 2.01. The normalized spacial score (nSPS) is 16.7. The zero-order chi connectivity index (χ0) is 26.4. The molecule has 196 valence electrons. The number of hydrogen-bond acceptors (Lipinski definition) is 12. The van der Waals surface area contributed by atoms with E-state index in [-0.39, 0.29) is 40.8 Å². The lowest BCUT2D eigenvalue weighted by Gasteiger charge is -2.21. The highest BCUT2D eigenvalue weighted by Gasteiger charge is 2.32. The summed E-state index contributed by atoms with van der Waals surface area (Å²) in [4.78, 5) is 24.4. The van der Waals surface area contributed by atoms with Gasteiger partial charge in [0.05, 0.1) is 18.8 Å². The van der Waals surface area contributed by atoms with Crippen molar-refractivity contribution >= 4 is 11.9 Å². The lowest BCUT2D eigenvalue weighted by Crippen LogP contribution is -2.41. The average molecular weight is 501 g/mol. The Morgan fingerprint density at radius 1 is 0.886 bits per heavy atom. The number of ether oxygens (including phenoxy) is 1. The Morgan fingerprint density at radius 2 is 1.37 bits per heavy atom. The number of esters is 1. The van der Waals surface area contributed by atoms with Crippen molar-refractivity contribution in [1.82, 2.24) is 5.32 Å². The summed E-state index contributed by atoms with van der Waals surface area (Å²) in [7, 11) is 0. The number of aryl methyl sites for hydroxylation is 2. The van der Waals surface area contributed by atoms with Gasteiger partial charge in [0.15, 0.2) is 0 Å². The van der Waals surface area contributed by atoms with Gasteiger partial charge in [-0.3, -0.25) is 4.79 Å². The minimum atomic E-state index is -1.80. The maximum absolute atomic E-state index is 12.5. The second-order valence-electron chi connectivity index (χ2n) is 7.86. The zero-order valence-electron chi connectivity index (χ0n) is 19.4. The number of aliphatic hydroxyl groups is 7. The fourth-order valence-corrected chi connectivity index (χ4v) is 3.22. The molecule has 13 heteroatoms. The van der Waals surface area contributed by atoms with E-state index in [1.807, 2.05) is 0 Å². The molecule has 2 heterocycles. The summed E-state index contributed by atoms with van der Waals surface area (Å²) in [6.07, 6.45) is -10.3. The number of carbonyl (C=O) groups excluding carboxylic acids is 2. The van der Waals surface area contributed by atoms with Crippen LogP contribution in [-0.4, -0.2) is 91.8 Å². The zero-order valence-corrected chi connectivity index (χ0v) is 19.4. The van der Waals surface area contributed by atoms with Crippen LogP contribution in [0.2, 0.25) is 0 Å². The Hall–Kier alpha value is -2.78. The molecule has 2 aromatic rings. The van der Waals surface area contributed by atoms with Crippen LogP contribution in [0, 0.1) is 13.8 Å². The van der Waals surface area contributed by atoms with Gasteiger partial charge in [-0.25, -0.2) is 4.79 Å². The molecular weight excluding hydrogens is 470 g/mol. The molecule has 0 unspecified atom stereocenters. The molecule has 0 fully saturated rings. The van der Waals surface area contributed by atoms with Crippen LogP contribution in [0.15, 0.2) is 21.0 Å². The Kier molecular flexibility index (Phi) is 9.97. The molecule has 0 aliphatic heterocycles.